The molecule has 3 atom stereocenters. The summed E-state index contributed by atoms with van der Waals surface area (Å²) < 4.78 is 5.35. The number of hydrogen-bond acceptors (Lipinski definition) is 2. The van der Waals surface area contributed by atoms with Crippen LogP contribution in [-0.2, 0) is 6.42 Å². The molecule has 2 heteroatoms. The Kier molecular flexibility index (Phi) is 3.56. The highest BCUT2D eigenvalue weighted by molar-refractivity contribution is 5.40. The van der Waals surface area contributed by atoms with E-state index in [4.69, 9.17) is 4.74 Å². The predicted molar refractivity (Wildman–Crippen MR) is 85.8 cm³/mol. The second-order valence-corrected chi connectivity index (χ2v) is 7.99. The summed E-state index contributed by atoms with van der Waals surface area (Å²) in [7, 11) is 1.73. The maximum atomic E-state index is 11.1. The Morgan fingerprint density at radius 2 is 2.00 bits per heavy atom. The van der Waals surface area contributed by atoms with E-state index in [0.717, 1.165) is 31.4 Å². The molecule has 0 spiro atoms. The van der Waals surface area contributed by atoms with Crippen LogP contribution in [-0.4, -0.2) is 17.8 Å². The Hall–Kier alpha value is -1.02. The van der Waals surface area contributed by atoms with Gasteiger partial charge in [0.1, 0.15) is 5.75 Å². The Morgan fingerprint density at radius 1 is 1.24 bits per heavy atom. The number of aryl methyl sites for hydroxylation is 1. The minimum atomic E-state index is -0.502. The molecule has 21 heavy (non-hydrogen) atoms. The first-order chi connectivity index (χ1) is 9.84. The molecule has 1 saturated carbocycles. The summed E-state index contributed by atoms with van der Waals surface area (Å²) in [5.74, 6) is 2.22. The van der Waals surface area contributed by atoms with Crippen LogP contribution in [0.5, 0.6) is 5.75 Å². The van der Waals surface area contributed by atoms with Gasteiger partial charge in [-0.2, -0.15) is 0 Å². The van der Waals surface area contributed by atoms with Crippen molar-refractivity contribution in [3.05, 3.63) is 29.3 Å². The first-order valence-corrected chi connectivity index (χ1v) is 8.23. The summed E-state index contributed by atoms with van der Waals surface area (Å²) in [6, 6.07) is 6.55. The maximum Gasteiger partial charge on any atom is 0.119 e. The highest BCUT2D eigenvalue weighted by Gasteiger charge is 2.47. The van der Waals surface area contributed by atoms with Crippen molar-refractivity contribution < 1.29 is 9.84 Å². The molecule has 0 amide bonds. The fourth-order valence-corrected chi connectivity index (χ4v) is 4.33. The molecular weight excluding hydrogens is 260 g/mol. The van der Waals surface area contributed by atoms with E-state index in [-0.39, 0.29) is 5.41 Å². The zero-order valence-electron chi connectivity index (χ0n) is 13.8. The zero-order valence-corrected chi connectivity index (χ0v) is 13.8. The number of fused-ring (bicyclic) bond motifs is 3. The average Bonchev–Trinajstić information content (AvgIpc) is 2.45. The second-order valence-electron chi connectivity index (χ2n) is 7.99. The zero-order chi connectivity index (χ0) is 15.3. The van der Waals surface area contributed by atoms with Gasteiger partial charge < -0.3 is 9.84 Å². The van der Waals surface area contributed by atoms with Gasteiger partial charge in [0, 0.05) is 0 Å². The largest absolute Gasteiger partial charge is 0.497 e. The standard InChI is InChI=1S/C19H28O2/c1-18(2,3)19(20)10-9-17-14(12-19)6-5-13-11-15(21-4)7-8-16(13)17/h7-8,11,14,17,20H,5-6,9-10,12H2,1-4H3/t14-,17+,19-/m1/s1. The van der Waals surface area contributed by atoms with Crippen molar-refractivity contribution in [3.63, 3.8) is 0 Å². The number of ether oxygens (including phenoxy) is 1. The van der Waals surface area contributed by atoms with Gasteiger partial charge in [0.05, 0.1) is 12.7 Å². The summed E-state index contributed by atoms with van der Waals surface area (Å²) in [6.45, 7) is 6.53. The number of benzene rings is 1. The van der Waals surface area contributed by atoms with Crippen molar-refractivity contribution in [2.24, 2.45) is 11.3 Å². The summed E-state index contributed by atoms with van der Waals surface area (Å²) in [6.07, 6.45) is 5.30. The molecule has 2 aliphatic rings. The van der Waals surface area contributed by atoms with Crippen LogP contribution in [0.3, 0.4) is 0 Å². The Bertz CT molecular complexity index is 529. The highest BCUT2D eigenvalue weighted by Crippen LogP contribution is 2.52. The summed E-state index contributed by atoms with van der Waals surface area (Å²) in [5, 5.41) is 11.1. The van der Waals surface area contributed by atoms with E-state index in [2.05, 4.69) is 39.0 Å². The van der Waals surface area contributed by atoms with Crippen LogP contribution in [0, 0.1) is 11.3 Å². The molecule has 1 aromatic rings. The van der Waals surface area contributed by atoms with Crippen LogP contribution >= 0.6 is 0 Å². The monoisotopic (exact) mass is 288 g/mol. The van der Waals surface area contributed by atoms with Crippen molar-refractivity contribution in [2.75, 3.05) is 7.11 Å². The van der Waals surface area contributed by atoms with Crippen molar-refractivity contribution in [3.8, 4) is 5.75 Å². The van der Waals surface area contributed by atoms with E-state index in [0.29, 0.717) is 11.8 Å². The lowest BCUT2D eigenvalue weighted by atomic mass is 9.58. The van der Waals surface area contributed by atoms with Gasteiger partial charge in [0.2, 0.25) is 0 Å². The van der Waals surface area contributed by atoms with Crippen LogP contribution in [0.1, 0.15) is 63.5 Å². The van der Waals surface area contributed by atoms with Gasteiger partial charge in [0.15, 0.2) is 0 Å². The van der Waals surface area contributed by atoms with Gasteiger partial charge in [-0.3, -0.25) is 0 Å². The van der Waals surface area contributed by atoms with Gasteiger partial charge in [0.25, 0.3) is 0 Å². The summed E-state index contributed by atoms with van der Waals surface area (Å²) in [5.41, 5.74) is 2.43. The molecule has 0 unspecified atom stereocenters. The Labute approximate surface area is 128 Å². The normalized spacial score (nSPS) is 32.2. The van der Waals surface area contributed by atoms with E-state index < -0.39 is 5.60 Å². The number of methoxy groups -OCH3 is 1. The van der Waals surface area contributed by atoms with Crippen molar-refractivity contribution >= 4 is 0 Å². The van der Waals surface area contributed by atoms with E-state index in [1.54, 1.807) is 7.11 Å². The third-order valence-electron chi connectivity index (χ3n) is 5.97. The average molecular weight is 288 g/mol. The molecule has 0 heterocycles. The molecule has 0 radical (unpaired) electrons. The van der Waals surface area contributed by atoms with Crippen molar-refractivity contribution in [1.82, 2.24) is 0 Å². The Morgan fingerprint density at radius 3 is 2.67 bits per heavy atom. The number of aliphatic hydroxyl groups is 1. The van der Waals surface area contributed by atoms with Gasteiger partial charge >= 0.3 is 0 Å². The molecule has 0 bridgehead atoms. The molecule has 0 aliphatic heterocycles. The molecule has 1 N–H and O–H groups in total. The lowest BCUT2D eigenvalue weighted by Crippen LogP contribution is -2.49. The van der Waals surface area contributed by atoms with Crippen LogP contribution in [0.4, 0.5) is 0 Å². The third-order valence-corrected chi connectivity index (χ3v) is 5.97. The fourth-order valence-electron chi connectivity index (χ4n) is 4.33. The molecule has 0 saturated heterocycles. The SMILES string of the molecule is COc1ccc2c(c1)CC[C@@H]1C[C@@](O)(C(C)(C)C)CC[C@H]21. The van der Waals surface area contributed by atoms with Crippen molar-refractivity contribution in [2.45, 2.75) is 64.4 Å². The molecule has 1 aromatic carbocycles. The summed E-state index contributed by atoms with van der Waals surface area (Å²) >= 11 is 0. The molecule has 2 aliphatic carbocycles. The smallest absolute Gasteiger partial charge is 0.119 e. The third kappa shape index (κ3) is 2.48. The Balaban J connectivity index is 1.86. The molecular formula is C19H28O2. The van der Waals surface area contributed by atoms with Crippen LogP contribution in [0.2, 0.25) is 0 Å². The van der Waals surface area contributed by atoms with Gasteiger partial charge in [-0.15, -0.1) is 0 Å². The topological polar surface area (TPSA) is 29.5 Å². The van der Waals surface area contributed by atoms with E-state index in [1.165, 1.54) is 17.5 Å². The van der Waals surface area contributed by atoms with Crippen molar-refractivity contribution in [1.29, 1.82) is 0 Å². The lowest BCUT2D eigenvalue weighted by Gasteiger charge is -2.50. The second kappa shape index (κ2) is 5.01. The first-order valence-electron chi connectivity index (χ1n) is 8.23. The predicted octanol–water partition coefficient (Wildman–Crippen LogP) is 4.30. The first kappa shape index (κ1) is 14.9. The van der Waals surface area contributed by atoms with Gasteiger partial charge in [-0.1, -0.05) is 26.8 Å². The highest BCUT2D eigenvalue weighted by atomic mass is 16.5. The summed E-state index contributed by atoms with van der Waals surface area (Å²) in [4.78, 5) is 0. The van der Waals surface area contributed by atoms with E-state index >= 15 is 0 Å². The molecule has 0 aromatic heterocycles. The van der Waals surface area contributed by atoms with E-state index in [1.807, 2.05) is 0 Å². The minimum Gasteiger partial charge on any atom is -0.497 e. The van der Waals surface area contributed by atoms with Crippen LogP contribution < -0.4 is 4.74 Å². The number of rotatable bonds is 1. The van der Waals surface area contributed by atoms with Crippen LogP contribution in [0.15, 0.2) is 18.2 Å². The quantitative estimate of drug-likeness (QED) is 0.834. The van der Waals surface area contributed by atoms with E-state index in [9.17, 15) is 5.11 Å². The fraction of sp³-hybridized carbons (Fsp3) is 0.684. The number of hydrogen-bond donors (Lipinski definition) is 1. The molecule has 116 valence electrons. The van der Waals surface area contributed by atoms with Gasteiger partial charge in [-0.25, -0.2) is 0 Å². The lowest BCUT2D eigenvalue weighted by molar-refractivity contribution is -0.105. The maximum absolute atomic E-state index is 11.1. The molecule has 2 nitrogen and oxygen atoms in total. The molecule has 3 rings (SSSR count). The minimum absolute atomic E-state index is 0.0296. The van der Waals surface area contributed by atoms with Gasteiger partial charge in [-0.05, 0) is 72.6 Å². The molecule has 1 fully saturated rings. The van der Waals surface area contributed by atoms with Crippen LogP contribution in [0.25, 0.3) is 0 Å².